The van der Waals surface area contributed by atoms with Crippen molar-refractivity contribution in [3.05, 3.63) is 34.3 Å². The lowest BCUT2D eigenvalue weighted by atomic mass is 10.1. The first-order chi connectivity index (χ1) is 8.44. The van der Waals surface area contributed by atoms with E-state index in [1.807, 2.05) is 12.1 Å². The Morgan fingerprint density at radius 3 is 2.72 bits per heavy atom. The van der Waals surface area contributed by atoms with Crippen molar-refractivity contribution in [1.29, 1.82) is 0 Å². The van der Waals surface area contributed by atoms with Crippen LogP contribution >= 0.6 is 15.9 Å². The molecule has 0 bridgehead atoms. The van der Waals surface area contributed by atoms with Gasteiger partial charge in [-0.2, -0.15) is 0 Å². The Morgan fingerprint density at radius 2 is 2.11 bits per heavy atom. The van der Waals surface area contributed by atoms with E-state index in [0.717, 1.165) is 4.47 Å². The molecular formula is C13H20BrNO2S. The highest BCUT2D eigenvalue weighted by atomic mass is 79.9. The summed E-state index contributed by atoms with van der Waals surface area (Å²) < 4.78 is 23.7. The van der Waals surface area contributed by atoms with Gasteiger partial charge in [-0.3, -0.25) is 0 Å². The molecule has 5 heteroatoms. The normalized spacial score (nSPS) is 13.5. The predicted octanol–water partition coefficient (Wildman–Crippen LogP) is 2.92. The van der Waals surface area contributed by atoms with E-state index in [2.05, 4.69) is 40.3 Å². The lowest BCUT2D eigenvalue weighted by molar-refractivity contribution is 0.560. The third-order valence-electron chi connectivity index (χ3n) is 2.87. The zero-order valence-electron chi connectivity index (χ0n) is 10.8. The highest BCUT2D eigenvalue weighted by Crippen LogP contribution is 2.17. The summed E-state index contributed by atoms with van der Waals surface area (Å²) in [6, 6.07) is 8.35. The Hall–Kier alpha value is -0.390. The minimum atomic E-state index is -2.84. The minimum absolute atomic E-state index is 0.229. The summed E-state index contributed by atoms with van der Waals surface area (Å²) in [7, 11) is -2.84. The third-order valence-corrected chi connectivity index (χ3v) is 5.15. The molecule has 0 saturated heterocycles. The summed E-state index contributed by atoms with van der Waals surface area (Å²) in [5.41, 5.74) is 1.20. The van der Waals surface area contributed by atoms with Gasteiger partial charge in [0.25, 0.3) is 0 Å². The van der Waals surface area contributed by atoms with Crippen molar-refractivity contribution in [1.82, 2.24) is 5.32 Å². The first-order valence-electron chi connectivity index (χ1n) is 6.14. The molecule has 18 heavy (non-hydrogen) atoms. The first kappa shape index (κ1) is 15.7. The maximum Gasteiger partial charge on any atom is 0.150 e. The summed E-state index contributed by atoms with van der Waals surface area (Å²) >= 11 is 3.44. The molecule has 1 rings (SSSR count). The van der Waals surface area contributed by atoms with Crippen LogP contribution in [0.4, 0.5) is 0 Å². The molecule has 1 N–H and O–H groups in total. The largest absolute Gasteiger partial charge is 0.310 e. The SMILES string of the molecule is CCS(=O)(=O)CCCNC(C)c1cccc(Br)c1. The summed E-state index contributed by atoms with van der Waals surface area (Å²) in [4.78, 5) is 0. The van der Waals surface area contributed by atoms with Gasteiger partial charge < -0.3 is 5.32 Å². The minimum Gasteiger partial charge on any atom is -0.310 e. The van der Waals surface area contributed by atoms with E-state index in [1.54, 1.807) is 6.92 Å². The van der Waals surface area contributed by atoms with Crippen molar-refractivity contribution in [2.45, 2.75) is 26.3 Å². The fraction of sp³-hybridized carbons (Fsp3) is 0.538. The number of halogens is 1. The number of nitrogens with one attached hydrogen (secondary N) is 1. The van der Waals surface area contributed by atoms with Crippen molar-refractivity contribution >= 4 is 25.8 Å². The smallest absolute Gasteiger partial charge is 0.150 e. The molecule has 0 radical (unpaired) electrons. The summed E-state index contributed by atoms with van der Waals surface area (Å²) in [6.45, 7) is 4.48. The van der Waals surface area contributed by atoms with E-state index < -0.39 is 9.84 Å². The number of benzene rings is 1. The van der Waals surface area contributed by atoms with Crippen LogP contribution in [0.3, 0.4) is 0 Å². The molecule has 1 aromatic carbocycles. The van der Waals surface area contributed by atoms with Crippen LogP contribution in [0.15, 0.2) is 28.7 Å². The van der Waals surface area contributed by atoms with Crippen LogP contribution in [0.2, 0.25) is 0 Å². The second-order valence-electron chi connectivity index (χ2n) is 4.32. The van der Waals surface area contributed by atoms with Crippen molar-refractivity contribution in [3.8, 4) is 0 Å². The molecule has 0 fully saturated rings. The van der Waals surface area contributed by atoms with Crippen LogP contribution in [-0.2, 0) is 9.84 Å². The molecule has 0 aromatic heterocycles. The molecule has 1 unspecified atom stereocenters. The third kappa shape index (κ3) is 5.50. The van der Waals surface area contributed by atoms with E-state index in [4.69, 9.17) is 0 Å². The van der Waals surface area contributed by atoms with E-state index in [-0.39, 0.29) is 17.5 Å². The standard InChI is InChI=1S/C13H20BrNO2S/c1-3-18(16,17)9-5-8-15-11(2)12-6-4-7-13(14)10-12/h4,6-7,10-11,15H,3,5,8-9H2,1-2H3. The summed E-state index contributed by atoms with van der Waals surface area (Å²) in [6.07, 6.45) is 0.661. The molecule has 0 heterocycles. The zero-order valence-corrected chi connectivity index (χ0v) is 13.2. The lowest BCUT2D eigenvalue weighted by Crippen LogP contribution is -2.22. The second kappa shape index (κ2) is 7.26. The van der Waals surface area contributed by atoms with Crippen LogP contribution in [0.1, 0.15) is 31.9 Å². The van der Waals surface area contributed by atoms with Gasteiger partial charge in [-0.05, 0) is 37.6 Å². The van der Waals surface area contributed by atoms with E-state index in [0.29, 0.717) is 13.0 Å². The van der Waals surface area contributed by atoms with E-state index in [9.17, 15) is 8.42 Å². The van der Waals surface area contributed by atoms with Gasteiger partial charge in [-0.1, -0.05) is 35.0 Å². The molecule has 0 saturated carbocycles. The number of sulfone groups is 1. The summed E-state index contributed by atoms with van der Waals surface area (Å²) in [5, 5.41) is 3.34. The molecule has 102 valence electrons. The van der Waals surface area contributed by atoms with E-state index in [1.165, 1.54) is 5.56 Å². The Bertz CT molecular complexity index is 474. The number of hydrogen-bond acceptors (Lipinski definition) is 3. The monoisotopic (exact) mass is 333 g/mol. The van der Waals surface area contributed by atoms with Crippen molar-refractivity contribution in [2.75, 3.05) is 18.1 Å². The maximum atomic E-state index is 11.3. The van der Waals surface area contributed by atoms with Gasteiger partial charge in [-0.15, -0.1) is 0 Å². The number of rotatable bonds is 7. The average molecular weight is 334 g/mol. The molecule has 0 aliphatic rings. The fourth-order valence-electron chi connectivity index (χ4n) is 1.65. The van der Waals surface area contributed by atoms with E-state index >= 15 is 0 Å². The van der Waals surface area contributed by atoms with Crippen molar-refractivity contribution in [3.63, 3.8) is 0 Å². The van der Waals surface area contributed by atoms with Gasteiger partial charge in [0.05, 0.1) is 5.75 Å². The average Bonchev–Trinajstić information content (AvgIpc) is 2.34. The quantitative estimate of drug-likeness (QED) is 0.780. The van der Waals surface area contributed by atoms with Crippen LogP contribution in [0.5, 0.6) is 0 Å². The molecule has 0 aliphatic carbocycles. The van der Waals surface area contributed by atoms with Gasteiger partial charge in [-0.25, -0.2) is 8.42 Å². The Balaban J connectivity index is 2.36. The molecule has 1 atom stereocenters. The van der Waals surface area contributed by atoms with Crippen LogP contribution in [0.25, 0.3) is 0 Å². The lowest BCUT2D eigenvalue weighted by Gasteiger charge is -2.14. The molecule has 3 nitrogen and oxygen atoms in total. The highest BCUT2D eigenvalue weighted by molar-refractivity contribution is 9.10. The maximum absolute atomic E-state index is 11.3. The zero-order chi connectivity index (χ0) is 13.6. The predicted molar refractivity (Wildman–Crippen MR) is 79.5 cm³/mol. The van der Waals surface area contributed by atoms with Gasteiger partial charge in [0.2, 0.25) is 0 Å². The van der Waals surface area contributed by atoms with Crippen LogP contribution < -0.4 is 5.32 Å². The highest BCUT2D eigenvalue weighted by Gasteiger charge is 2.08. The van der Waals surface area contributed by atoms with Crippen molar-refractivity contribution < 1.29 is 8.42 Å². The Morgan fingerprint density at radius 1 is 1.39 bits per heavy atom. The Kier molecular flexibility index (Phi) is 6.32. The second-order valence-corrected chi connectivity index (χ2v) is 7.71. The van der Waals surface area contributed by atoms with Gasteiger partial charge in [0.15, 0.2) is 0 Å². The van der Waals surface area contributed by atoms with Crippen molar-refractivity contribution in [2.24, 2.45) is 0 Å². The number of hydrogen-bond donors (Lipinski definition) is 1. The molecule has 0 aliphatic heterocycles. The summed E-state index contributed by atoms with van der Waals surface area (Å²) in [5.74, 6) is 0.496. The molecular weight excluding hydrogens is 314 g/mol. The first-order valence-corrected chi connectivity index (χ1v) is 8.75. The van der Waals surface area contributed by atoms with Gasteiger partial charge in [0, 0.05) is 16.3 Å². The Labute approximate surface area is 118 Å². The molecule has 1 aromatic rings. The molecule has 0 amide bonds. The van der Waals surface area contributed by atoms with Gasteiger partial charge in [0.1, 0.15) is 9.84 Å². The van der Waals surface area contributed by atoms with Gasteiger partial charge >= 0.3 is 0 Å². The van der Waals surface area contributed by atoms with Crippen LogP contribution in [-0.4, -0.2) is 26.5 Å². The topological polar surface area (TPSA) is 46.2 Å². The fourth-order valence-corrected chi connectivity index (χ4v) is 2.94. The molecule has 0 spiro atoms. The van der Waals surface area contributed by atoms with Crippen LogP contribution in [0, 0.1) is 0 Å².